The number of nitrogens with one attached hydrogen (secondary N) is 1. The van der Waals surface area contributed by atoms with Gasteiger partial charge in [-0.05, 0) is 12.1 Å². The number of carboxylic acid groups (broad SMARTS) is 1. The standard InChI is InChI=1S/C14H16N2O9/c1-6(17)15-9-10(18)11(19)12(13(20)21)25-14(9)24-8-4-2-7(3-5-8)16(22)23/h2-5,9-12,14,18-19H,1H3,(H,15,17)(H,20,21)/t9-,10-,11+,12+,14-/m1/s1. The molecule has 1 amide bonds. The Labute approximate surface area is 140 Å². The van der Waals surface area contributed by atoms with Gasteiger partial charge in [0.2, 0.25) is 12.2 Å². The third-order valence-corrected chi connectivity index (χ3v) is 3.52. The molecular formula is C14H16N2O9. The van der Waals surface area contributed by atoms with Crippen molar-refractivity contribution in [3.05, 3.63) is 34.4 Å². The lowest BCUT2D eigenvalue weighted by molar-refractivity contribution is -0.384. The number of carbonyl (C=O) groups is 2. The largest absolute Gasteiger partial charge is 0.479 e. The van der Waals surface area contributed by atoms with Crippen molar-refractivity contribution in [1.29, 1.82) is 0 Å². The fraction of sp³-hybridized carbons (Fsp3) is 0.429. The van der Waals surface area contributed by atoms with Crippen molar-refractivity contribution in [2.45, 2.75) is 37.6 Å². The Bertz CT molecular complexity index is 663. The lowest BCUT2D eigenvalue weighted by Gasteiger charge is -2.41. The monoisotopic (exact) mass is 356 g/mol. The lowest BCUT2D eigenvalue weighted by atomic mass is 9.96. The molecule has 136 valence electrons. The Morgan fingerprint density at radius 1 is 1.24 bits per heavy atom. The summed E-state index contributed by atoms with van der Waals surface area (Å²) in [4.78, 5) is 32.5. The molecule has 1 fully saturated rings. The summed E-state index contributed by atoms with van der Waals surface area (Å²) in [5.74, 6) is -2.00. The maximum atomic E-state index is 11.3. The third-order valence-electron chi connectivity index (χ3n) is 3.52. The van der Waals surface area contributed by atoms with Crippen LogP contribution in [0.1, 0.15) is 6.92 Å². The molecule has 25 heavy (non-hydrogen) atoms. The summed E-state index contributed by atoms with van der Waals surface area (Å²) in [5.41, 5.74) is -0.186. The van der Waals surface area contributed by atoms with E-state index < -0.39 is 47.4 Å². The minimum absolute atomic E-state index is 0.0821. The number of hydrogen-bond acceptors (Lipinski definition) is 8. The second-order valence-corrected chi connectivity index (χ2v) is 5.34. The number of nitrogens with zero attached hydrogens (tertiary/aromatic N) is 1. The minimum atomic E-state index is -1.79. The van der Waals surface area contributed by atoms with Crippen LogP contribution >= 0.6 is 0 Å². The number of nitro benzene ring substituents is 1. The average Bonchev–Trinajstić information content (AvgIpc) is 2.54. The molecule has 0 aromatic heterocycles. The van der Waals surface area contributed by atoms with E-state index in [1.807, 2.05) is 0 Å². The first-order chi connectivity index (χ1) is 11.7. The first kappa shape index (κ1) is 18.6. The molecule has 0 bridgehead atoms. The van der Waals surface area contributed by atoms with E-state index in [-0.39, 0.29) is 11.4 Å². The van der Waals surface area contributed by atoms with Crippen LogP contribution in [0.4, 0.5) is 5.69 Å². The van der Waals surface area contributed by atoms with Crippen LogP contribution in [-0.4, -0.2) is 62.8 Å². The summed E-state index contributed by atoms with van der Waals surface area (Å²) in [6.07, 6.45) is -6.67. The number of rotatable bonds is 5. The average molecular weight is 356 g/mol. The number of aliphatic hydroxyl groups excluding tert-OH is 2. The van der Waals surface area contributed by atoms with Crippen molar-refractivity contribution in [2.75, 3.05) is 0 Å². The molecule has 1 aromatic carbocycles. The topological polar surface area (TPSA) is 168 Å². The van der Waals surface area contributed by atoms with Crippen molar-refractivity contribution in [1.82, 2.24) is 5.32 Å². The molecule has 0 unspecified atom stereocenters. The Balaban J connectivity index is 2.24. The maximum absolute atomic E-state index is 11.3. The van der Waals surface area contributed by atoms with Gasteiger partial charge in [0.1, 0.15) is 24.0 Å². The predicted octanol–water partition coefficient (Wildman–Crippen LogP) is -0.990. The van der Waals surface area contributed by atoms with Crippen molar-refractivity contribution in [2.24, 2.45) is 0 Å². The summed E-state index contributed by atoms with van der Waals surface area (Å²) in [6, 6.07) is 3.56. The Morgan fingerprint density at radius 3 is 2.32 bits per heavy atom. The van der Waals surface area contributed by atoms with Crippen LogP contribution in [0.2, 0.25) is 0 Å². The molecule has 5 atom stereocenters. The second-order valence-electron chi connectivity index (χ2n) is 5.34. The van der Waals surface area contributed by atoms with Gasteiger partial charge >= 0.3 is 5.97 Å². The summed E-state index contributed by atoms with van der Waals surface area (Å²) >= 11 is 0. The van der Waals surface area contributed by atoms with Crippen LogP contribution in [0.5, 0.6) is 5.75 Å². The first-order valence-electron chi connectivity index (χ1n) is 7.13. The summed E-state index contributed by atoms with van der Waals surface area (Å²) < 4.78 is 10.6. The van der Waals surface area contributed by atoms with Gasteiger partial charge in [0, 0.05) is 19.1 Å². The smallest absolute Gasteiger partial charge is 0.335 e. The number of carboxylic acids is 1. The van der Waals surface area contributed by atoms with Gasteiger partial charge < -0.3 is 30.1 Å². The van der Waals surface area contributed by atoms with Gasteiger partial charge in [-0.25, -0.2) is 4.79 Å². The number of nitro groups is 1. The number of aliphatic hydroxyl groups is 2. The number of benzene rings is 1. The molecule has 2 rings (SSSR count). The van der Waals surface area contributed by atoms with Crippen LogP contribution in [0.3, 0.4) is 0 Å². The Morgan fingerprint density at radius 2 is 1.84 bits per heavy atom. The molecule has 0 spiro atoms. The fourth-order valence-electron chi connectivity index (χ4n) is 2.34. The van der Waals surface area contributed by atoms with Crippen LogP contribution in [0, 0.1) is 10.1 Å². The van der Waals surface area contributed by atoms with Crippen LogP contribution in [-0.2, 0) is 14.3 Å². The number of non-ortho nitro benzene ring substituents is 1. The molecule has 1 heterocycles. The van der Waals surface area contributed by atoms with Crippen LogP contribution in [0.25, 0.3) is 0 Å². The van der Waals surface area contributed by atoms with Gasteiger partial charge in [-0.2, -0.15) is 0 Å². The maximum Gasteiger partial charge on any atom is 0.335 e. The Kier molecular flexibility index (Phi) is 5.51. The van der Waals surface area contributed by atoms with Gasteiger partial charge in [-0.1, -0.05) is 0 Å². The van der Waals surface area contributed by atoms with Crippen LogP contribution < -0.4 is 10.1 Å². The van der Waals surface area contributed by atoms with Gasteiger partial charge in [0.15, 0.2) is 6.10 Å². The second kappa shape index (κ2) is 7.42. The van der Waals surface area contributed by atoms with Crippen molar-refractivity contribution in [3.63, 3.8) is 0 Å². The summed E-state index contributed by atoms with van der Waals surface area (Å²) in [7, 11) is 0. The van der Waals surface area contributed by atoms with E-state index in [9.17, 15) is 29.9 Å². The number of carbonyl (C=O) groups excluding carboxylic acids is 1. The quantitative estimate of drug-likeness (QED) is 0.382. The van der Waals surface area contributed by atoms with E-state index in [0.717, 1.165) is 19.1 Å². The van der Waals surface area contributed by atoms with E-state index in [2.05, 4.69) is 5.32 Å². The number of hydrogen-bond donors (Lipinski definition) is 4. The van der Waals surface area contributed by atoms with E-state index in [1.54, 1.807) is 0 Å². The SMILES string of the molecule is CC(=O)N[C@H]1[C@H](Oc2ccc([N+](=O)[O-])cc2)O[C@H](C(=O)O)[C@@H](O)[C@@H]1O. The van der Waals surface area contributed by atoms with Crippen molar-refractivity contribution in [3.8, 4) is 5.75 Å². The predicted molar refractivity (Wildman–Crippen MR) is 79.6 cm³/mol. The highest BCUT2D eigenvalue weighted by Crippen LogP contribution is 2.26. The highest BCUT2D eigenvalue weighted by molar-refractivity contribution is 5.74. The molecule has 0 saturated carbocycles. The third kappa shape index (κ3) is 4.21. The summed E-state index contributed by atoms with van der Waals surface area (Å²) in [6.45, 7) is 1.16. The minimum Gasteiger partial charge on any atom is -0.479 e. The zero-order valence-corrected chi connectivity index (χ0v) is 12.9. The molecule has 1 saturated heterocycles. The first-order valence-corrected chi connectivity index (χ1v) is 7.13. The van der Waals surface area contributed by atoms with Gasteiger partial charge in [0.25, 0.3) is 5.69 Å². The molecule has 1 aromatic rings. The van der Waals surface area contributed by atoms with Crippen molar-refractivity contribution < 1.29 is 39.3 Å². The molecule has 1 aliphatic heterocycles. The fourth-order valence-corrected chi connectivity index (χ4v) is 2.34. The van der Waals surface area contributed by atoms with E-state index in [1.165, 1.54) is 12.1 Å². The van der Waals surface area contributed by atoms with Gasteiger partial charge in [0.05, 0.1) is 4.92 Å². The highest BCUT2D eigenvalue weighted by atomic mass is 16.7. The number of aliphatic carboxylic acids is 1. The zero-order chi connectivity index (χ0) is 18.7. The summed E-state index contributed by atoms with van der Waals surface area (Å²) in [5, 5.41) is 42.0. The highest BCUT2D eigenvalue weighted by Gasteiger charge is 2.49. The van der Waals surface area contributed by atoms with E-state index in [4.69, 9.17) is 14.6 Å². The molecule has 4 N–H and O–H groups in total. The Hall–Kier alpha value is -2.76. The van der Waals surface area contributed by atoms with E-state index in [0.29, 0.717) is 0 Å². The van der Waals surface area contributed by atoms with Gasteiger partial charge in [-0.15, -0.1) is 0 Å². The molecule has 0 aliphatic carbocycles. The normalized spacial score (nSPS) is 28.8. The number of amides is 1. The molecule has 0 radical (unpaired) electrons. The van der Waals surface area contributed by atoms with Crippen LogP contribution in [0.15, 0.2) is 24.3 Å². The lowest BCUT2D eigenvalue weighted by Crippen LogP contribution is -2.66. The molecule has 11 nitrogen and oxygen atoms in total. The zero-order valence-electron chi connectivity index (χ0n) is 12.9. The van der Waals surface area contributed by atoms with Crippen molar-refractivity contribution >= 4 is 17.6 Å². The van der Waals surface area contributed by atoms with E-state index >= 15 is 0 Å². The number of ether oxygens (including phenoxy) is 2. The molecule has 1 aliphatic rings. The molecular weight excluding hydrogens is 340 g/mol. The molecule has 11 heteroatoms. The van der Waals surface area contributed by atoms with Gasteiger partial charge in [-0.3, -0.25) is 14.9 Å².